The third kappa shape index (κ3) is 5.03. The highest BCUT2D eigenvalue weighted by atomic mass is 32.2. The number of carboxylic acid groups (broad SMARTS) is 1. The van der Waals surface area contributed by atoms with Crippen LogP contribution >= 0.6 is 0 Å². The van der Waals surface area contributed by atoms with Gasteiger partial charge in [-0.25, -0.2) is 17.9 Å². The Balaban J connectivity index is 1.97. The lowest BCUT2D eigenvalue weighted by Gasteiger charge is -2.17. The predicted molar refractivity (Wildman–Crippen MR) is 98.2 cm³/mol. The standard InChI is InChI=1S/C18H22N2O5S/c1-12(2)17(18(22)23)20-16(21)9-10-19-26(24,25)15-8-7-13-5-3-4-6-14(13)11-15/h3-8,11-12,17,19H,9-10H2,1-2H3,(H,20,21)(H,22,23)/t17-/m0/s1. The zero-order valence-electron chi connectivity index (χ0n) is 14.6. The molecule has 1 amide bonds. The van der Waals surface area contributed by atoms with E-state index in [-0.39, 0.29) is 23.8 Å². The summed E-state index contributed by atoms with van der Waals surface area (Å²) >= 11 is 0. The molecular formula is C18H22N2O5S. The van der Waals surface area contributed by atoms with Crippen LogP contribution in [0.1, 0.15) is 20.3 Å². The molecule has 0 saturated heterocycles. The zero-order valence-corrected chi connectivity index (χ0v) is 15.4. The average molecular weight is 378 g/mol. The van der Waals surface area contributed by atoms with Crippen LogP contribution in [-0.4, -0.2) is 38.0 Å². The quantitative estimate of drug-likeness (QED) is 0.648. The Morgan fingerprint density at radius 3 is 2.35 bits per heavy atom. The molecule has 0 fully saturated rings. The lowest BCUT2D eigenvalue weighted by atomic mass is 10.0. The van der Waals surface area contributed by atoms with E-state index in [0.29, 0.717) is 0 Å². The first-order valence-electron chi connectivity index (χ1n) is 8.21. The van der Waals surface area contributed by atoms with Crippen LogP contribution in [0.2, 0.25) is 0 Å². The van der Waals surface area contributed by atoms with Crippen molar-refractivity contribution in [3.05, 3.63) is 42.5 Å². The number of benzene rings is 2. The highest BCUT2D eigenvalue weighted by Crippen LogP contribution is 2.18. The monoisotopic (exact) mass is 378 g/mol. The number of rotatable bonds is 8. The largest absolute Gasteiger partial charge is 0.480 e. The summed E-state index contributed by atoms with van der Waals surface area (Å²) < 4.78 is 27.1. The van der Waals surface area contributed by atoms with Gasteiger partial charge in [0.25, 0.3) is 0 Å². The number of fused-ring (bicyclic) bond motifs is 1. The molecule has 0 spiro atoms. The fourth-order valence-electron chi connectivity index (χ4n) is 2.48. The van der Waals surface area contributed by atoms with Crippen LogP contribution in [0.25, 0.3) is 10.8 Å². The summed E-state index contributed by atoms with van der Waals surface area (Å²) in [4.78, 5) is 23.0. The highest BCUT2D eigenvalue weighted by molar-refractivity contribution is 7.89. The van der Waals surface area contributed by atoms with Gasteiger partial charge in [0.1, 0.15) is 6.04 Å². The van der Waals surface area contributed by atoms with Crippen LogP contribution in [-0.2, 0) is 19.6 Å². The molecule has 1 atom stereocenters. The van der Waals surface area contributed by atoms with Gasteiger partial charge in [-0.15, -0.1) is 0 Å². The zero-order chi connectivity index (χ0) is 19.3. The van der Waals surface area contributed by atoms with Crippen molar-refractivity contribution in [3.8, 4) is 0 Å². The molecule has 7 nitrogen and oxygen atoms in total. The number of carboxylic acids is 1. The smallest absolute Gasteiger partial charge is 0.326 e. The third-order valence-electron chi connectivity index (χ3n) is 3.92. The molecule has 2 aromatic rings. The first-order valence-corrected chi connectivity index (χ1v) is 9.69. The van der Waals surface area contributed by atoms with E-state index in [1.54, 1.807) is 26.0 Å². The van der Waals surface area contributed by atoms with E-state index >= 15 is 0 Å². The minimum Gasteiger partial charge on any atom is -0.480 e. The van der Waals surface area contributed by atoms with Gasteiger partial charge in [-0.2, -0.15) is 0 Å². The number of carbonyl (C=O) groups is 2. The maximum Gasteiger partial charge on any atom is 0.326 e. The number of amides is 1. The van der Waals surface area contributed by atoms with Crippen LogP contribution in [0.4, 0.5) is 0 Å². The van der Waals surface area contributed by atoms with Gasteiger partial charge in [0.05, 0.1) is 4.90 Å². The van der Waals surface area contributed by atoms with Gasteiger partial charge in [0.2, 0.25) is 15.9 Å². The van der Waals surface area contributed by atoms with Gasteiger partial charge in [0, 0.05) is 13.0 Å². The summed E-state index contributed by atoms with van der Waals surface area (Å²) in [6.45, 7) is 3.24. The maximum absolute atomic E-state index is 12.4. The van der Waals surface area contributed by atoms with Gasteiger partial charge in [-0.1, -0.05) is 44.2 Å². The summed E-state index contributed by atoms with van der Waals surface area (Å²) in [6.07, 6.45) is -0.149. The molecule has 0 heterocycles. The topological polar surface area (TPSA) is 113 Å². The number of aliphatic carboxylic acids is 1. The van der Waals surface area contributed by atoms with Gasteiger partial charge < -0.3 is 10.4 Å². The number of nitrogens with one attached hydrogen (secondary N) is 2. The van der Waals surface area contributed by atoms with Crippen molar-refractivity contribution < 1.29 is 23.1 Å². The number of hydrogen-bond acceptors (Lipinski definition) is 4. The Hall–Kier alpha value is -2.45. The van der Waals surface area contributed by atoms with Crippen molar-refractivity contribution in [2.24, 2.45) is 5.92 Å². The Morgan fingerprint density at radius 1 is 1.08 bits per heavy atom. The first kappa shape index (κ1) is 19.9. The SMILES string of the molecule is CC(C)[C@H](NC(=O)CCNS(=O)(=O)c1ccc2ccccc2c1)C(=O)O. The maximum atomic E-state index is 12.4. The normalized spacial score (nSPS) is 12.9. The van der Waals surface area contributed by atoms with Gasteiger partial charge in [-0.05, 0) is 28.8 Å². The van der Waals surface area contributed by atoms with E-state index in [0.717, 1.165) is 10.8 Å². The number of sulfonamides is 1. The van der Waals surface area contributed by atoms with Crippen molar-refractivity contribution in [1.82, 2.24) is 10.0 Å². The van der Waals surface area contributed by atoms with Crippen LogP contribution in [0.3, 0.4) is 0 Å². The van der Waals surface area contributed by atoms with E-state index in [2.05, 4.69) is 10.0 Å². The Labute approximate surface area is 152 Å². The molecule has 0 aromatic heterocycles. The molecule has 0 aliphatic heterocycles. The highest BCUT2D eigenvalue weighted by Gasteiger charge is 2.23. The summed E-state index contributed by atoms with van der Waals surface area (Å²) in [7, 11) is -3.75. The Kier molecular flexibility index (Phi) is 6.33. The van der Waals surface area contributed by atoms with E-state index in [9.17, 15) is 18.0 Å². The van der Waals surface area contributed by atoms with Crippen molar-refractivity contribution in [1.29, 1.82) is 0 Å². The lowest BCUT2D eigenvalue weighted by molar-refractivity contribution is -0.143. The molecule has 0 aliphatic carbocycles. The lowest BCUT2D eigenvalue weighted by Crippen LogP contribution is -2.45. The summed E-state index contributed by atoms with van der Waals surface area (Å²) in [6, 6.07) is 11.2. The van der Waals surface area contributed by atoms with Crippen LogP contribution < -0.4 is 10.0 Å². The summed E-state index contributed by atoms with van der Waals surface area (Å²) in [5.41, 5.74) is 0. The second kappa shape index (κ2) is 8.29. The summed E-state index contributed by atoms with van der Waals surface area (Å²) in [5.74, 6) is -1.91. The van der Waals surface area contributed by atoms with Crippen molar-refractivity contribution in [2.45, 2.75) is 31.2 Å². The van der Waals surface area contributed by atoms with E-state index in [4.69, 9.17) is 5.11 Å². The fraction of sp³-hybridized carbons (Fsp3) is 0.333. The van der Waals surface area contributed by atoms with Gasteiger partial charge >= 0.3 is 5.97 Å². The molecule has 2 rings (SSSR count). The Bertz CT molecular complexity index is 909. The van der Waals surface area contributed by atoms with Gasteiger partial charge in [-0.3, -0.25) is 4.79 Å². The molecule has 8 heteroatoms. The molecule has 3 N–H and O–H groups in total. The second-order valence-corrected chi connectivity index (χ2v) is 8.05. The van der Waals surface area contributed by atoms with E-state index < -0.39 is 27.9 Å². The number of hydrogen-bond donors (Lipinski definition) is 3. The fourth-order valence-corrected chi connectivity index (χ4v) is 3.54. The Morgan fingerprint density at radius 2 is 1.73 bits per heavy atom. The van der Waals surface area contributed by atoms with Crippen LogP contribution in [0, 0.1) is 5.92 Å². The first-order chi connectivity index (χ1) is 12.2. The number of carbonyl (C=O) groups excluding carboxylic acids is 1. The van der Waals surface area contributed by atoms with Crippen LogP contribution in [0.15, 0.2) is 47.4 Å². The average Bonchev–Trinajstić information content (AvgIpc) is 2.58. The molecule has 0 saturated carbocycles. The molecule has 26 heavy (non-hydrogen) atoms. The third-order valence-corrected chi connectivity index (χ3v) is 5.38. The van der Waals surface area contributed by atoms with Crippen molar-refractivity contribution in [2.75, 3.05) is 6.54 Å². The van der Waals surface area contributed by atoms with E-state index in [1.165, 1.54) is 6.07 Å². The van der Waals surface area contributed by atoms with E-state index in [1.807, 2.05) is 24.3 Å². The molecular weight excluding hydrogens is 356 g/mol. The molecule has 0 aliphatic rings. The molecule has 0 unspecified atom stereocenters. The predicted octanol–water partition coefficient (Wildman–Crippen LogP) is 1.73. The molecule has 140 valence electrons. The minimum atomic E-state index is -3.75. The molecule has 0 bridgehead atoms. The second-order valence-electron chi connectivity index (χ2n) is 6.28. The van der Waals surface area contributed by atoms with Crippen molar-refractivity contribution in [3.63, 3.8) is 0 Å². The van der Waals surface area contributed by atoms with Gasteiger partial charge in [0.15, 0.2) is 0 Å². The van der Waals surface area contributed by atoms with Crippen molar-refractivity contribution >= 4 is 32.7 Å². The molecule has 0 radical (unpaired) electrons. The summed E-state index contributed by atoms with van der Waals surface area (Å²) in [5, 5.41) is 13.2. The minimum absolute atomic E-state index is 0.113. The molecule has 2 aromatic carbocycles. The van der Waals surface area contributed by atoms with Crippen LogP contribution in [0.5, 0.6) is 0 Å².